The van der Waals surface area contributed by atoms with Crippen molar-refractivity contribution in [3.8, 4) is 11.8 Å². The Labute approximate surface area is 349 Å². The number of allylic oxidation sites excluding steroid dienone is 1. The summed E-state index contributed by atoms with van der Waals surface area (Å²) in [5.41, 5.74) is 2.16. The van der Waals surface area contributed by atoms with Gasteiger partial charge in [0.25, 0.3) is 0 Å². The number of carbonyl (C=O) groups excluding carboxylic acids is 1. The van der Waals surface area contributed by atoms with Crippen LogP contribution in [-0.4, -0.2) is 61.9 Å². The smallest absolute Gasteiger partial charge is 0 e. The van der Waals surface area contributed by atoms with Crippen molar-refractivity contribution >= 4 is 5.97 Å². The van der Waals surface area contributed by atoms with E-state index in [0.717, 1.165) is 43.4 Å². The summed E-state index contributed by atoms with van der Waals surface area (Å²) in [5.74, 6) is 6.12. The van der Waals surface area contributed by atoms with Crippen molar-refractivity contribution < 1.29 is 94.7 Å². The SMILES string of the molecule is CC(=O)O[C@@H]1CC[C@@H](COCc2ccccc2)O[C@H]1[C@@H](C[C@@H]1C#C/C=C\C[C@H]2OCCC[C@@H]2O1)OCc1ccccc1.[C-]#[O+].[C-]#[O+].[C-]#[O+].[C-]#[O+].[C-]#[O+].[C-]#[O+].[Co].[Co]. The summed E-state index contributed by atoms with van der Waals surface area (Å²) in [7, 11) is 0. The Morgan fingerprint density at radius 1 is 0.786 bits per heavy atom. The Hall–Kier alpha value is -3.54. The van der Waals surface area contributed by atoms with Crippen LogP contribution in [0.5, 0.6) is 0 Å². The summed E-state index contributed by atoms with van der Waals surface area (Å²) in [6, 6.07) is 20.1. The molecular formula is C41H42Co2O13. The van der Waals surface area contributed by atoms with Crippen LogP contribution in [-0.2, 0) is 108 Å². The van der Waals surface area contributed by atoms with Crippen LogP contribution in [0, 0.1) is 51.7 Å². The molecule has 3 heterocycles. The zero-order chi connectivity index (χ0) is 41.0. The molecule has 0 saturated carbocycles. The zero-order valence-electron chi connectivity index (χ0n) is 30.5. The van der Waals surface area contributed by atoms with E-state index in [1.165, 1.54) is 6.92 Å². The zero-order valence-corrected chi connectivity index (χ0v) is 32.6. The van der Waals surface area contributed by atoms with Crippen molar-refractivity contribution in [2.24, 2.45) is 0 Å². The van der Waals surface area contributed by atoms with Gasteiger partial charge in [-0.3, -0.25) is 4.79 Å². The molecule has 15 heteroatoms. The molecule has 5 rings (SSSR count). The summed E-state index contributed by atoms with van der Waals surface area (Å²) in [6.07, 6.45) is 6.54. The van der Waals surface area contributed by atoms with Gasteiger partial charge in [-0.05, 0) is 49.3 Å². The van der Waals surface area contributed by atoms with Gasteiger partial charge in [0.15, 0.2) is 0 Å². The van der Waals surface area contributed by atoms with Gasteiger partial charge in [-0.2, -0.15) is 0 Å². The minimum atomic E-state index is -0.497. The molecule has 0 unspecified atom stereocenters. The van der Waals surface area contributed by atoms with Gasteiger partial charge in [-0.15, -0.1) is 0 Å². The first-order valence-electron chi connectivity index (χ1n) is 16.4. The van der Waals surface area contributed by atoms with Gasteiger partial charge in [-0.1, -0.05) is 78.6 Å². The third-order valence-corrected chi connectivity index (χ3v) is 7.87. The fourth-order valence-corrected chi connectivity index (χ4v) is 5.80. The molecule has 2 aromatic rings. The molecule has 0 aliphatic carbocycles. The van der Waals surface area contributed by atoms with E-state index in [0.29, 0.717) is 32.7 Å². The molecule has 0 aromatic heterocycles. The predicted molar refractivity (Wildman–Crippen MR) is 182 cm³/mol. The van der Waals surface area contributed by atoms with E-state index in [4.69, 9.17) is 56.3 Å². The first-order chi connectivity index (χ1) is 26.6. The van der Waals surface area contributed by atoms with Gasteiger partial charge in [-0.25, -0.2) is 0 Å². The number of benzene rings is 2. The summed E-state index contributed by atoms with van der Waals surface area (Å²) in [6.45, 7) is 30.5. The van der Waals surface area contributed by atoms with Crippen LogP contribution in [0.15, 0.2) is 72.8 Å². The first-order valence-corrected chi connectivity index (χ1v) is 16.4. The molecular weight excluding hydrogens is 818 g/mol. The van der Waals surface area contributed by atoms with Crippen molar-refractivity contribution in [2.45, 2.75) is 101 Å². The number of rotatable bonds is 11. The maximum atomic E-state index is 12.1. The minimum absolute atomic E-state index is 0. The third kappa shape index (κ3) is 24.2. The van der Waals surface area contributed by atoms with E-state index >= 15 is 0 Å². The van der Waals surface area contributed by atoms with Crippen molar-refractivity contribution in [3.05, 3.63) is 124 Å². The van der Waals surface area contributed by atoms with Crippen molar-refractivity contribution in [1.82, 2.24) is 0 Å². The van der Waals surface area contributed by atoms with Crippen LogP contribution in [0.4, 0.5) is 0 Å². The van der Waals surface area contributed by atoms with E-state index in [2.05, 4.69) is 57.8 Å². The number of carbonyl (C=O) groups is 1. The van der Waals surface area contributed by atoms with Crippen LogP contribution in [0.3, 0.4) is 0 Å². The van der Waals surface area contributed by atoms with Gasteiger partial charge in [0.05, 0.1) is 44.2 Å². The Kier molecular flexibility index (Phi) is 43.4. The predicted octanol–water partition coefficient (Wildman–Crippen LogP) is 5.32. The van der Waals surface area contributed by atoms with Crippen LogP contribution >= 0.6 is 0 Å². The monoisotopic (exact) mass is 860 g/mol. The molecule has 0 bridgehead atoms. The normalized spacial score (nSPS) is 21.9. The maximum Gasteiger partial charge on any atom is 0 e. The minimum Gasteiger partial charge on any atom is 0 e. The average Bonchev–Trinajstić information content (AvgIpc) is 3.35. The molecule has 2 fully saturated rings. The average molecular weight is 861 g/mol. The number of hydrogen-bond donors (Lipinski definition) is 0. The molecule has 302 valence electrons. The number of esters is 1. The molecule has 56 heavy (non-hydrogen) atoms. The molecule has 2 aromatic carbocycles. The number of ether oxygens (including phenoxy) is 6. The molecule has 3 aliphatic heterocycles. The summed E-state index contributed by atoms with van der Waals surface area (Å²) in [4.78, 5) is 12.1. The second-order valence-electron chi connectivity index (χ2n) is 11.2. The van der Waals surface area contributed by atoms with E-state index in [9.17, 15) is 4.79 Å². The largest absolute Gasteiger partial charge is 0 e. The second-order valence-corrected chi connectivity index (χ2v) is 11.2. The fraction of sp³-hybridized carbons (Fsp3) is 0.439. The van der Waals surface area contributed by atoms with E-state index in [-0.39, 0.29) is 63.9 Å². The second kappa shape index (κ2) is 41.1. The first kappa shape index (κ1) is 59.2. The Bertz CT molecular complexity index is 1430. The quantitative estimate of drug-likeness (QED) is 0.126. The van der Waals surface area contributed by atoms with Crippen molar-refractivity contribution in [1.29, 1.82) is 0 Å². The molecule has 0 N–H and O–H groups in total. The fourth-order valence-electron chi connectivity index (χ4n) is 5.80. The molecule has 2 radical (unpaired) electrons. The third-order valence-electron chi connectivity index (χ3n) is 7.87. The maximum absolute atomic E-state index is 12.1. The Morgan fingerprint density at radius 3 is 1.93 bits per heavy atom. The molecule has 2 saturated heterocycles. The van der Waals surface area contributed by atoms with Gasteiger partial charge < -0.3 is 28.4 Å². The van der Waals surface area contributed by atoms with Gasteiger partial charge in [0.1, 0.15) is 18.3 Å². The van der Waals surface area contributed by atoms with Gasteiger partial charge in [0.2, 0.25) is 0 Å². The van der Waals surface area contributed by atoms with Crippen LogP contribution < -0.4 is 0 Å². The van der Waals surface area contributed by atoms with E-state index < -0.39 is 18.3 Å². The van der Waals surface area contributed by atoms with Crippen LogP contribution in [0.2, 0.25) is 0 Å². The standard InChI is InChI=1S/C35H42O7.6CO.2Co/c1-26(36)40-33-20-19-30(25-37-23-27-12-5-2-6-13-27)42-35(33)34(39-24-28-14-7-3-8-15-28)22-29-16-9-4-10-17-31-32(41-29)18-11-21-38-31;6*1-2;;/h2-8,10,12-15,29-35H,11,17-25H2,1H3;;;;;;;;/b10-4-;;;;;;;;/t29-,30-,31+,32-,33+,34+,35+;;;;;;;;/m0......../s1. The molecule has 13 nitrogen and oxygen atoms in total. The number of fused-ring (bicyclic) bond motifs is 1. The number of hydrogen-bond acceptors (Lipinski definition) is 7. The van der Waals surface area contributed by atoms with Gasteiger partial charge >= 0.3 is 73.8 Å². The molecule has 7 atom stereocenters. The van der Waals surface area contributed by atoms with Crippen molar-refractivity contribution in [3.63, 3.8) is 0 Å². The molecule has 3 aliphatic rings. The van der Waals surface area contributed by atoms with E-state index in [1.54, 1.807) is 0 Å². The van der Waals surface area contributed by atoms with E-state index in [1.807, 2.05) is 66.7 Å². The topological polar surface area (TPSA) is 192 Å². The van der Waals surface area contributed by atoms with Crippen LogP contribution in [0.1, 0.15) is 56.6 Å². The molecule has 0 spiro atoms. The summed E-state index contributed by atoms with van der Waals surface area (Å²) in [5, 5.41) is 0. The van der Waals surface area contributed by atoms with Crippen LogP contribution in [0.25, 0.3) is 0 Å². The Balaban J connectivity index is -0.000000883. The summed E-state index contributed by atoms with van der Waals surface area (Å²) >= 11 is 0. The van der Waals surface area contributed by atoms with Gasteiger partial charge in [0, 0.05) is 53.5 Å². The Morgan fingerprint density at radius 2 is 1.36 bits per heavy atom. The summed E-state index contributed by atoms with van der Waals surface area (Å²) < 4.78 is 82.7. The molecule has 0 amide bonds. The van der Waals surface area contributed by atoms with Crippen molar-refractivity contribution in [2.75, 3.05) is 13.2 Å².